The van der Waals surface area contributed by atoms with Crippen molar-refractivity contribution < 1.29 is 14.6 Å². The van der Waals surface area contributed by atoms with Crippen LogP contribution in [0.2, 0.25) is 0 Å². The van der Waals surface area contributed by atoms with Crippen molar-refractivity contribution in [2.45, 2.75) is 49.3 Å². The van der Waals surface area contributed by atoms with E-state index in [0.29, 0.717) is 12.0 Å². The molecular formula is C18H23NO3. The van der Waals surface area contributed by atoms with Gasteiger partial charge in [0.2, 0.25) is 0 Å². The number of ether oxygens (including phenoxy) is 2. The van der Waals surface area contributed by atoms with Gasteiger partial charge in [0.05, 0.1) is 13.2 Å². The Labute approximate surface area is 131 Å². The summed E-state index contributed by atoms with van der Waals surface area (Å²) in [4.78, 5) is 2.52. The molecule has 0 amide bonds. The zero-order valence-electron chi connectivity index (χ0n) is 13.2. The summed E-state index contributed by atoms with van der Waals surface area (Å²) >= 11 is 0. The van der Waals surface area contributed by atoms with Crippen molar-refractivity contribution in [2.24, 2.45) is 5.92 Å². The molecule has 118 valence electrons. The highest BCUT2D eigenvalue weighted by Crippen LogP contribution is 2.63. The summed E-state index contributed by atoms with van der Waals surface area (Å²) in [5, 5.41) is 10.6. The third kappa shape index (κ3) is 1.32. The van der Waals surface area contributed by atoms with Crippen LogP contribution in [0.4, 0.5) is 0 Å². The Hall–Kier alpha value is -1.26. The van der Waals surface area contributed by atoms with E-state index in [2.05, 4.69) is 18.0 Å². The molecule has 2 fully saturated rings. The Morgan fingerprint density at radius 1 is 1.36 bits per heavy atom. The number of likely N-dealkylation sites (tertiary alicyclic amines) is 1. The van der Waals surface area contributed by atoms with Crippen LogP contribution in [-0.2, 0) is 11.8 Å². The fourth-order valence-corrected chi connectivity index (χ4v) is 5.86. The average molecular weight is 301 g/mol. The van der Waals surface area contributed by atoms with Crippen molar-refractivity contribution in [3.8, 4) is 11.5 Å². The molecule has 4 heteroatoms. The van der Waals surface area contributed by atoms with Gasteiger partial charge in [0, 0.05) is 17.0 Å². The number of aliphatic hydroxyl groups excluding tert-OH is 1. The van der Waals surface area contributed by atoms with Gasteiger partial charge >= 0.3 is 0 Å². The number of benzene rings is 1. The minimum Gasteiger partial charge on any atom is -0.493 e. The highest BCUT2D eigenvalue weighted by Gasteiger charge is 2.65. The van der Waals surface area contributed by atoms with Gasteiger partial charge in [0.25, 0.3) is 0 Å². The normalized spacial score (nSPS) is 41.8. The first-order valence-corrected chi connectivity index (χ1v) is 8.42. The molecule has 0 aromatic heterocycles. The van der Waals surface area contributed by atoms with E-state index in [1.165, 1.54) is 11.1 Å². The van der Waals surface area contributed by atoms with Crippen molar-refractivity contribution in [1.29, 1.82) is 0 Å². The Morgan fingerprint density at radius 3 is 3.05 bits per heavy atom. The molecule has 1 spiro atoms. The standard InChI is InChI=1S/C18H23NO3/c1-19-8-7-18-11-4-5-13(20)17(18)22-16-14(21-2)6-3-10(15(16)18)9-12(11)19/h3,6,11-13,17,20H,4-5,7-9H2,1-2H3/t11?,12-,13?,17?,18+/m1/s1. The van der Waals surface area contributed by atoms with E-state index in [1.807, 2.05) is 6.07 Å². The Bertz CT molecular complexity index is 645. The van der Waals surface area contributed by atoms with Gasteiger partial charge in [0.15, 0.2) is 11.5 Å². The molecule has 2 heterocycles. The molecule has 4 nitrogen and oxygen atoms in total. The van der Waals surface area contributed by atoms with Crippen molar-refractivity contribution in [3.63, 3.8) is 0 Å². The van der Waals surface area contributed by atoms with Gasteiger partial charge in [-0.2, -0.15) is 0 Å². The fourth-order valence-electron chi connectivity index (χ4n) is 5.86. The van der Waals surface area contributed by atoms with Crippen LogP contribution in [-0.4, -0.2) is 49.0 Å². The maximum absolute atomic E-state index is 10.6. The third-order valence-corrected chi connectivity index (χ3v) is 6.77. The Kier molecular flexibility index (Phi) is 2.51. The van der Waals surface area contributed by atoms with Crippen molar-refractivity contribution in [3.05, 3.63) is 23.3 Å². The first-order chi connectivity index (χ1) is 10.7. The maximum atomic E-state index is 10.6. The van der Waals surface area contributed by atoms with Crippen molar-refractivity contribution in [1.82, 2.24) is 4.90 Å². The largest absolute Gasteiger partial charge is 0.493 e. The summed E-state index contributed by atoms with van der Waals surface area (Å²) in [6, 6.07) is 4.83. The zero-order chi connectivity index (χ0) is 15.1. The van der Waals surface area contributed by atoms with Crippen LogP contribution in [0.25, 0.3) is 0 Å². The van der Waals surface area contributed by atoms with Gasteiger partial charge in [0.1, 0.15) is 6.10 Å². The zero-order valence-corrected chi connectivity index (χ0v) is 13.2. The lowest BCUT2D eigenvalue weighted by Gasteiger charge is -2.58. The predicted molar refractivity (Wildman–Crippen MR) is 82.6 cm³/mol. The molecule has 1 aromatic carbocycles. The van der Waals surface area contributed by atoms with Gasteiger partial charge < -0.3 is 19.5 Å². The van der Waals surface area contributed by atoms with Crippen LogP contribution in [0.1, 0.15) is 30.4 Å². The molecule has 2 aliphatic carbocycles. The summed E-state index contributed by atoms with van der Waals surface area (Å²) in [5.41, 5.74) is 2.77. The number of piperidine rings is 1. The molecule has 2 bridgehead atoms. The summed E-state index contributed by atoms with van der Waals surface area (Å²) in [7, 11) is 3.96. The molecule has 5 rings (SSSR count). The second-order valence-corrected chi connectivity index (χ2v) is 7.46. The molecule has 22 heavy (non-hydrogen) atoms. The molecule has 1 saturated carbocycles. The maximum Gasteiger partial charge on any atom is 0.165 e. The van der Waals surface area contributed by atoms with Crippen LogP contribution in [0.3, 0.4) is 0 Å². The number of hydrogen-bond donors (Lipinski definition) is 1. The van der Waals surface area contributed by atoms with Crippen molar-refractivity contribution >= 4 is 0 Å². The predicted octanol–water partition coefficient (Wildman–Crippen LogP) is 1.73. The molecule has 1 saturated heterocycles. The Morgan fingerprint density at radius 2 is 2.23 bits per heavy atom. The average Bonchev–Trinajstić information content (AvgIpc) is 2.88. The second-order valence-electron chi connectivity index (χ2n) is 7.46. The fraction of sp³-hybridized carbons (Fsp3) is 0.667. The summed E-state index contributed by atoms with van der Waals surface area (Å²) in [5.74, 6) is 2.34. The number of methoxy groups -OCH3 is 1. The molecule has 1 aromatic rings. The number of aliphatic hydroxyl groups is 1. The second kappa shape index (κ2) is 4.18. The van der Waals surface area contributed by atoms with E-state index in [0.717, 1.165) is 43.7 Å². The number of rotatable bonds is 1. The minimum atomic E-state index is -0.358. The molecule has 2 aliphatic heterocycles. The summed E-state index contributed by atoms with van der Waals surface area (Å²) in [6.45, 7) is 1.09. The van der Waals surface area contributed by atoms with Crippen LogP contribution in [0.15, 0.2) is 12.1 Å². The van der Waals surface area contributed by atoms with E-state index in [1.54, 1.807) is 7.11 Å². The smallest absolute Gasteiger partial charge is 0.165 e. The van der Waals surface area contributed by atoms with Crippen LogP contribution >= 0.6 is 0 Å². The highest BCUT2D eigenvalue weighted by atomic mass is 16.5. The number of likely N-dealkylation sites (N-methyl/N-ethyl adjacent to an activating group) is 1. The first-order valence-electron chi connectivity index (χ1n) is 8.42. The van der Waals surface area contributed by atoms with E-state index < -0.39 is 0 Å². The molecule has 0 radical (unpaired) electrons. The lowest BCUT2D eigenvalue weighted by molar-refractivity contribution is -0.0993. The molecular weight excluding hydrogens is 278 g/mol. The molecule has 1 N–H and O–H groups in total. The lowest BCUT2D eigenvalue weighted by atomic mass is 9.51. The van der Waals surface area contributed by atoms with Crippen LogP contribution < -0.4 is 9.47 Å². The van der Waals surface area contributed by atoms with Gasteiger partial charge in [-0.15, -0.1) is 0 Å². The monoisotopic (exact) mass is 301 g/mol. The van der Waals surface area contributed by atoms with Crippen LogP contribution in [0, 0.1) is 5.92 Å². The third-order valence-electron chi connectivity index (χ3n) is 6.77. The summed E-state index contributed by atoms with van der Waals surface area (Å²) in [6.07, 6.45) is 3.69. The summed E-state index contributed by atoms with van der Waals surface area (Å²) < 4.78 is 11.9. The van der Waals surface area contributed by atoms with Crippen LogP contribution in [0.5, 0.6) is 11.5 Å². The van der Waals surface area contributed by atoms with Gasteiger partial charge in [-0.25, -0.2) is 0 Å². The Balaban J connectivity index is 1.80. The number of hydrogen-bond acceptors (Lipinski definition) is 4. The SMILES string of the molecule is COc1ccc2c3c1OC1C(O)CCC4[C@@H](C2)N(C)CC[C@]314. The quantitative estimate of drug-likeness (QED) is 0.858. The molecule has 4 aliphatic rings. The van der Waals surface area contributed by atoms with E-state index in [4.69, 9.17) is 9.47 Å². The molecule has 5 atom stereocenters. The van der Waals surface area contributed by atoms with E-state index in [-0.39, 0.29) is 17.6 Å². The topological polar surface area (TPSA) is 41.9 Å². The van der Waals surface area contributed by atoms with Gasteiger partial charge in [-0.1, -0.05) is 6.07 Å². The van der Waals surface area contributed by atoms with Crippen molar-refractivity contribution in [2.75, 3.05) is 20.7 Å². The lowest BCUT2D eigenvalue weighted by Crippen LogP contribution is -2.66. The highest BCUT2D eigenvalue weighted by molar-refractivity contribution is 5.61. The van der Waals surface area contributed by atoms with Gasteiger partial charge in [-0.3, -0.25) is 0 Å². The van der Waals surface area contributed by atoms with E-state index >= 15 is 0 Å². The molecule has 3 unspecified atom stereocenters. The van der Waals surface area contributed by atoms with E-state index in [9.17, 15) is 5.11 Å². The van der Waals surface area contributed by atoms with Gasteiger partial charge in [-0.05, 0) is 56.8 Å². The number of nitrogens with zero attached hydrogens (tertiary/aromatic N) is 1. The first kappa shape index (κ1) is 13.2. The minimum absolute atomic E-state index is 0.00625.